The third-order valence-electron chi connectivity index (χ3n) is 6.47. The molecule has 2 aromatic carbocycles. The summed E-state index contributed by atoms with van der Waals surface area (Å²) >= 11 is 0. The maximum Gasteiger partial charge on any atom is 0.209 e. The number of ether oxygens (including phenoxy) is 1. The van der Waals surface area contributed by atoms with Crippen molar-refractivity contribution >= 4 is 27.2 Å². The minimum atomic E-state index is -3.55. The zero-order chi connectivity index (χ0) is 24.6. The summed E-state index contributed by atoms with van der Waals surface area (Å²) in [6.45, 7) is 4.36. The molecule has 1 aliphatic rings. The van der Waals surface area contributed by atoms with Gasteiger partial charge in [-0.05, 0) is 49.2 Å². The number of aromatic nitrogens is 1. The van der Waals surface area contributed by atoms with Gasteiger partial charge in [0.05, 0.1) is 21.7 Å². The second kappa shape index (κ2) is 11.5. The zero-order valence-corrected chi connectivity index (χ0v) is 21.1. The van der Waals surface area contributed by atoms with Gasteiger partial charge in [0.25, 0.3) is 0 Å². The van der Waals surface area contributed by atoms with Gasteiger partial charge >= 0.3 is 0 Å². The average Bonchev–Trinajstić information content (AvgIpc) is 2.88. The van der Waals surface area contributed by atoms with Gasteiger partial charge in [-0.25, -0.2) is 8.42 Å². The van der Waals surface area contributed by atoms with Crippen LogP contribution >= 0.6 is 0 Å². The van der Waals surface area contributed by atoms with Crippen LogP contribution in [0.15, 0.2) is 65.7 Å². The first-order chi connectivity index (χ1) is 16.4. The molecule has 1 aromatic heterocycles. The number of carbonyl (C=O) groups excluding carboxylic acids is 1. The van der Waals surface area contributed by atoms with Crippen LogP contribution in [-0.4, -0.2) is 43.1 Å². The molecule has 1 saturated carbocycles. The number of para-hydroxylation sites is 1. The number of amides is 1. The first-order valence-electron chi connectivity index (χ1n) is 11.9. The Morgan fingerprint density at radius 1 is 1.00 bits per heavy atom. The quantitative estimate of drug-likeness (QED) is 0.402. The lowest BCUT2D eigenvalue weighted by atomic mass is 9.82. The number of sulfone groups is 1. The fourth-order valence-electron chi connectivity index (χ4n) is 4.54. The van der Waals surface area contributed by atoms with Gasteiger partial charge < -0.3 is 9.64 Å². The Bertz CT molecular complexity index is 1180. The number of nitrogens with zero attached hydrogens (tertiary/aromatic N) is 2. The Morgan fingerprint density at radius 2 is 1.68 bits per heavy atom. The second-order valence-corrected chi connectivity index (χ2v) is 10.5. The standard InChI is InChI=1S/C25H28N2O4S.C2H6/c1-27(19-28)25(14-5-2-6-15-25)18-32(29,30)22-11-9-21(10-12-22)31-17-20-13-16-26-24-8-4-3-7-23(20)24;1-2/h3-4,7-13,16,19H,2,5-6,14-15,17-18H2,1H3;1-2H3. The van der Waals surface area contributed by atoms with Gasteiger partial charge in [0.15, 0.2) is 9.84 Å². The lowest BCUT2D eigenvalue weighted by Crippen LogP contribution is -2.52. The minimum Gasteiger partial charge on any atom is -0.489 e. The molecular weight excluding hydrogens is 448 g/mol. The summed E-state index contributed by atoms with van der Waals surface area (Å²) < 4.78 is 32.3. The third-order valence-corrected chi connectivity index (χ3v) is 8.37. The molecule has 0 N–H and O–H groups in total. The van der Waals surface area contributed by atoms with Crippen LogP contribution in [0.4, 0.5) is 0 Å². The summed E-state index contributed by atoms with van der Waals surface area (Å²) in [6, 6.07) is 16.4. The Morgan fingerprint density at radius 3 is 2.35 bits per heavy atom. The number of hydrogen-bond acceptors (Lipinski definition) is 5. The van der Waals surface area contributed by atoms with E-state index in [2.05, 4.69) is 4.98 Å². The molecule has 1 fully saturated rings. The Hall–Kier alpha value is -2.93. The molecule has 0 unspecified atom stereocenters. The highest BCUT2D eigenvalue weighted by molar-refractivity contribution is 7.91. The van der Waals surface area contributed by atoms with Gasteiger partial charge in [0.2, 0.25) is 6.41 Å². The average molecular weight is 483 g/mol. The van der Waals surface area contributed by atoms with E-state index >= 15 is 0 Å². The molecule has 0 atom stereocenters. The molecule has 0 bridgehead atoms. The van der Waals surface area contributed by atoms with Crippen molar-refractivity contribution in [1.82, 2.24) is 9.88 Å². The number of carbonyl (C=O) groups is 1. The van der Waals surface area contributed by atoms with E-state index in [-0.39, 0.29) is 10.6 Å². The number of benzene rings is 2. The first-order valence-corrected chi connectivity index (χ1v) is 13.6. The fraction of sp³-hybridized carbons (Fsp3) is 0.407. The van der Waals surface area contributed by atoms with E-state index in [9.17, 15) is 13.2 Å². The van der Waals surface area contributed by atoms with Gasteiger partial charge in [0.1, 0.15) is 12.4 Å². The maximum atomic E-state index is 13.2. The topological polar surface area (TPSA) is 76.6 Å². The molecule has 3 aromatic rings. The lowest BCUT2D eigenvalue weighted by Gasteiger charge is -2.42. The van der Waals surface area contributed by atoms with Crippen LogP contribution in [0.25, 0.3) is 10.9 Å². The Kier molecular flexibility index (Phi) is 8.67. The van der Waals surface area contributed by atoms with E-state index in [4.69, 9.17) is 4.74 Å². The zero-order valence-electron chi connectivity index (χ0n) is 20.2. The molecule has 4 rings (SSSR count). The third kappa shape index (κ3) is 5.76. The van der Waals surface area contributed by atoms with Crippen molar-refractivity contribution in [2.45, 2.75) is 63.0 Å². The molecule has 6 nitrogen and oxygen atoms in total. The molecule has 182 valence electrons. The number of fused-ring (bicyclic) bond motifs is 1. The largest absolute Gasteiger partial charge is 0.489 e. The summed E-state index contributed by atoms with van der Waals surface area (Å²) in [5.74, 6) is 0.542. The van der Waals surface area contributed by atoms with Gasteiger partial charge in [-0.3, -0.25) is 9.78 Å². The van der Waals surface area contributed by atoms with Crippen LogP contribution in [0.2, 0.25) is 0 Å². The van der Waals surface area contributed by atoms with Crippen LogP contribution < -0.4 is 4.74 Å². The summed E-state index contributed by atoms with van der Waals surface area (Å²) in [6.07, 6.45) is 6.88. The normalized spacial score (nSPS) is 15.1. The second-order valence-electron chi connectivity index (χ2n) is 8.51. The maximum absolute atomic E-state index is 13.2. The van der Waals surface area contributed by atoms with Crippen molar-refractivity contribution in [3.8, 4) is 5.75 Å². The van der Waals surface area contributed by atoms with Crippen LogP contribution in [0, 0.1) is 0 Å². The molecule has 0 spiro atoms. The molecule has 0 saturated heterocycles. The van der Waals surface area contributed by atoms with Gasteiger partial charge in [-0.1, -0.05) is 51.3 Å². The predicted molar refractivity (Wildman–Crippen MR) is 136 cm³/mol. The lowest BCUT2D eigenvalue weighted by molar-refractivity contribution is -0.122. The molecule has 0 radical (unpaired) electrons. The van der Waals surface area contributed by atoms with E-state index in [1.807, 2.05) is 44.2 Å². The van der Waals surface area contributed by atoms with Crippen molar-refractivity contribution in [2.75, 3.05) is 12.8 Å². The van der Waals surface area contributed by atoms with Crippen molar-refractivity contribution in [1.29, 1.82) is 0 Å². The fourth-order valence-corrected chi connectivity index (χ4v) is 6.46. The van der Waals surface area contributed by atoms with Crippen LogP contribution in [0.5, 0.6) is 5.75 Å². The Balaban J connectivity index is 0.00000158. The van der Waals surface area contributed by atoms with Crippen molar-refractivity contribution in [2.24, 2.45) is 0 Å². The predicted octanol–water partition coefficient (Wildman–Crippen LogP) is 5.40. The molecule has 1 heterocycles. The summed E-state index contributed by atoms with van der Waals surface area (Å²) in [7, 11) is -1.86. The van der Waals surface area contributed by atoms with Crippen molar-refractivity contribution in [3.63, 3.8) is 0 Å². The summed E-state index contributed by atoms with van der Waals surface area (Å²) in [4.78, 5) is 17.6. The van der Waals surface area contributed by atoms with Gasteiger partial charge in [0, 0.05) is 24.2 Å². The Labute approximate surface area is 202 Å². The van der Waals surface area contributed by atoms with Gasteiger partial charge in [-0.15, -0.1) is 0 Å². The number of rotatable bonds is 8. The van der Waals surface area contributed by atoms with E-state index in [1.165, 1.54) is 0 Å². The highest BCUT2D eigenvalue weighted by Crippen LogP contribution is 2.35. The molecule has 0 aliphatic heterocycles. The summed E-state index contributed by atoms with van der Waals surface area (Å²) in [5, 5.41) is 1.03. The number of hydrogen-bond donors (Lipinski definition) is 0. The number of pyridine rings is 1. The molecule has 7 heteroatoms. The van der Waals surface area contributed by atoms with Crippen LogP contribution in [-0.2, 0) is 21.2 Å². The molecular formula is C27H34N2O4S. The molecule has 34 heavy (non-hydrogen) atoms. The van der Waals surface area contributed by atoms with Crippen molar-refractivity contribution in [3.05, 3.63) is 66.4 Å². The van der Waals surface area contributed by atoms with Crippen LogP contribution in [0.3, 0.4) is 0 Å². The van der Waals surface area contributed by atoms with Gasteiger partial charge in [-0.2, -0.15) is 0 Å². The molecule has 1 amide bonds. The van der Waals surface area contributed by atoms with Crippen molar-refractivity contribution < 1.29 is 17.9 Å². The minimum absolute atomic E-state index is 0.0571. The molecule has 1 aliphatic carbocycles. The van der Waals surface area contributed by atoms with Crippen LogP contribution in [0.1, 0.15) is 51.5 Å². The SMILES string of the molecule is CC.CN(C=O)C1(CS(=O)(=O)c2ccc(OCc3ccnc4ccccc34)cc2)CCCCC1. The monoisotopic (exact) mass is 482 g/mol. The highest BCUT2D eigenvalue weighted by atomic mass is 32.2. The summed E-state index contributed by atoms with van der Waals surface area (Å²) in [5.41, 5.74) is 1.30. The highest BCUT2D eigenvalue weighted by Gasteiger charge is 2.40. The van der Waals surface area contributed by atoms with E-state index in [1.54, 1.807) is 42.4 Å². The smallest absolute Gasteiger partial charge is 0.209 e. The van der Waals surface area contributed by atoms with E-state index < -0.39 is 15.4 Å². The van der Waals surface area contributed by atoms with E-state index in [0.717, 1.165) is 42.1 Å². The van der Waals surface area contributed by atoms with E-state index in [0.29, 0.717) is 25.2 Å². The first kappa shape index (κ1) is 25.7.